The second-order valence-corrected chi connectivity index (χ2v) is 7.00. The SMILES string of the molecule is O=C(NCCCCC(NC(=O)c1ccc(Cl)cc1)C(=O)O)c1ccc(Cl)cc1. The van der Waals surface area contributed by atoms with Crippen LogP contribution in [0.3, 0.4) is 0 Å². The van der Waals surface area contributed by atoms with Gasteiger partial charge >= 0.3 is 5.97 Å². The maximum Gasteiger partial charge on any atom is 0.326 e. The number of benzene rings is 2. The maximum absolute atomic E-state index is 12.1. The number of carboxylic acid groups (broad SMARTS) is 1. The average Bonchev–Trinajstić information content (AvgIpc) is 2.67. The van der Waals surface area contributed by atoms with Gasteiger partial charge in [-0.2, -0.15) is 0 Å². The average molecular weight is 423 g/mol. The Morgan fingerprint density at radius 1 is 0.821 bits per heavy atom. The second kappa shape index (κ2) is 10.7. The third-order valence-electron chi connectivity index (χ3n) is 4.02. The Balaban J connectivity index is 1.74. The summed E-state index contributed by atoms with van der Waals surface area (Å²) in [6, 6.07) is 11.7. The maximum atomic E-state index is 12.1. The van der Waals surface area contributed by atoms with E-state index < -0.39 is 17.9 Å². The van der Waals surface area contributed by atoms with Crippen LogP contribution in [0.25, 0.3) is 0 Å². The minimum atomic E-state index is -1.10. The Hall–Kier alpha value is -2.57. The van der Waals surface area contributed by atoms with Crippen LogP contribution in [0.1, 0.15) is 40.0 Å². The van der Waals surface area contributed by atoms with Gasteiger partial charge in [-0.25, -0.2) is 4.79 Å². The third-order valence-corrected chi connectivity index (χ3v) is 4.53. The standard InChI is InChI=1S/C20H20Cl2N2O4/c21-15-8-4-13(5-9-15)18(25)23-12-2-1-3-17(20(27)28)24-19(26)14-6-10-16(22)11-7-14/h4-11,17H,1-3,12H2,(H,23,25)(H,24,26)(H,27,28). The predicted octanol–water partition coefficient (Wildman–Crippen LogP) is 3.78. The van der Waals surface area contributed by atoms with Gasteiger partial charge in [-0.15, -0.1) is 0 Å². The molecule has 148 valence electrons. The molecule has 2 aromatic rings. The van der Waals surface area contributed by atoms with Crippen LogP contribution in [-0.2, 0) is 4.79 Å². The summed E-state index contributed by atoms with van der Waals surface area (Å²) in [5.41, 5.74) is 0.842. The van der Waals surface area contributed by atoms with E-state index in [1.165, 1.54) is 12.1 Å². The number of rotatable bonds is 9. The summed E-state index contributed by atoms with van der Waals surface area (Å²) in [6.07, 6.45) is 1.37. The molecular formula is C20H20Cl2N2O4. The van der Waals surface area contributed by atoms with E-state index in [4.69, 9.17) is 23.2 Å². The van der Waals surface area contributed by atoms with Gasteiger partial charge in [-0.3, -0.25) is 9.59 Å². The van der Waals surface area contributed by atoms with Gasteiger partial charge in [-0.05, 0) is 67.8 Å². The lowest BCUT2D eigenvalue weighted by Crippen LogP contribution is -2.40. The quantitative estimate of drug-likeness (QED) is 0.535. The van der Waals surface area contributed by atoms with Crippen molar-refractivity contribution in [2.75, 3.05) is 6.54 Å². The van der Waals surface area contributed by atoms with Gasteiger partial charge < -0.3 is 15.7 Å². The van der Waals surface area contributed by atoms with Gasteiger partial charge in [0.25, 0.3) is 11.8 Å². The fourth-order valence-corrected chi connectivity index (χ4v) is 2.73. The zero-order valence-corrected chi connectivity index (χ0v) is 16.5. The van der Waals surface area contributed by atoms with Crippen LogP contribution < -0.4 is 10.6 Å². The monoisotopic (exact) mass is 422 g/mol. The van der Waals surface area contributed by atoms with Gasteiger partial charge in [-0.1, -0.05) is 23.2 Å². The van der Waals surface area contributed by atoms with Crippen LogP contribution in [-0.4, -0.2) is 35.5 Å². The highest BCUT2D eigenvalue weighted by atomic mass is 35.5. The van der Waals surface area contributed by atoms with E-state index in [-0.39, 0.29) is 12.3 Å². The fraction of sp³-hybridized carbons (Fsp3) is 0.250. The molecule has 1 unspecified atom stereocenters. The molecule has 2 amide bonds. The molecule has 3 N–H and O–H groups in total. The zero-order valence-electron chi connectivity index (χ0n) is 15.0. The van der Waals surface area contributed by atoms with E-state index in [0.29, 0.717) is 40.6 Å². The predicted molar refractivity (Wildman–Crippen MR) is 108 cm³/mol. The molecule has 0 fully saturated rings. The number of carbonyl (C=O) groups excluding carboxylic acids is 2. The Kier molecular flexibility index (Phi) is 8.29. The topological polar surface area (TPSA) is 95.5 Å². The summed E-state index contributed by atoms with van der Waals surface area (Å²) in [5.74, 6) is -1.80. The molecule has 0 bridgehead atoms. The van der Waals surface area contributed by atoms with Gasteiger partial charge in [0, 0.05) is 27.7 Å². The molecule has 0 radical (unpaired) electrons. The molecule has 0 aliphatic carbocycles. The molecule has 0 aliphatic heterocycles. The van der Waals surface area contributed by atoms with Crippen molar-refractivity contribution in [2.24, 2.45) is 0 Å². The molecule has 0 spiro atoms. The van der Waals surface area contributed by atoms with Gasteiger partial charge in [0.1, 0.15) is 6.04 Å². The van der Waals surface area contributed by atoms with Crippen molar-refractivity contribution in [3.05, 3.63) is 69.7 Å². The van der Waals surface area contributed by atoms with E-state index in [0.717, 1.165) is 0 Å². The zero-order chi connectivity index (χ0) is 20.5. The lowest BCUT2D eigenvalue weighted by atomic mass is 10.1. The first-order valence-corrected chi connectivity index (χ1v) is 9.45. The normalized spacial score (nSPS) is 11.5. The molecule has 0 heterocycles. The van der Waals surface area contributed by atoms with Gasteiger partial charge in [0.2, 0.25) is 0 Å². The molecule has 8 heteroatoms. The summed E-state index contributed by atoms with van der Waals surface area (Å²) in [4.78, 5) is 35.5. The first kappa shape index (κ1) is 21.7. The number of nitrogens with one attached hydrogen (secondary N) is 2. The van der Waals surface area contributed by atoms with E-state index in [1.54, 1.807) is 36.4 Å². The number of halogens is 2. The van der Waals surface area contributed by atoms with Crippen molar-refractivity contribution in [2.45, 2.75) is 25.3 Å². The number of aliphatic carboxylic acids is 1. The minimum absolute atomic E-state index is 0.220. The number of amides is 2. The molecule has 1 atom stereocenters. The van der Waals surface area contributed by atoms with Crippen LogP contribution in [0.15, 0.2) is 48.5 Å². The highest BCUT2D eigenvalue weighted by Gasteiger charge is 2.20. The van der Waals surface area contributed by atoms with Gasteiger partial charge in [0.05, 0.1) is 0 Å². The molecule has 0 saturated carbocycles. The Labute approximate surface area is 172 Å². The summed E-state index contributed by atoms with van der Waals surface area (Å²) in [6.45, 7) is 0.402. The van der Waals surface area contributed by atoms with Crippen molar-refractivity contribution in [1.29, 1.82) is 0 Å². The number of unbranched alkanes of at least 4 members (excludes halogenated alkanes) is 1. The summed E-state index contributed by atoms with van der Waals surface area (Å²) in [5, 5.41) is 15.6. The van der Waals surface area contributed by atoms with Crippen LogP contribution >= 0.6 is 23.2 Å². The lowest BCUT2D eigenvalue weighted by molar-refractivity contribution is -0.139. The highest BCUT2D eigenvalue weighted by Crippen LogP contribution is 2.11. The lowest BCUT2D eigenvalue weighted by Gasteiger charge is -2.14. The van der Waals surface area contributed by atoms with E-state index in [9.17, 15) is 19.5 Å². The molecule has 2 rings (SSSR count). The first-order chi connectivity index (χ1) is 13.4. The molecule has 28 heavy (non-hydrogen) atoms. The van der Waals surface area contributed by atoms with Gasteiger partial charge in [0.15, 0.2) is 0 Å². The van der Waals surface area contributed by atoms with Crippen LogP contribution in [0.2, 0.25) is 10.0 Å². The smallest absolute Gasteiger partial charge is 0.326 e. The minimum Gasteiger partial charge on any atom is -0.480 e. The Morgan fingerprint density at radius 3 is 1.82 bits per heavy atom. The molecule has 6 nitrogen and oxygen atoms in total. The van der Waals surface area contributed by atoms with Crippen molar-refractivity contribution >= 4 is 41.0 Å². The number of carboxylic acids is 1. The number of hydrogen-bond donors (Lipinski definition) is 3. The Bertz CT molecular complexity index is 823. The molecule has 2 aromatic carbocycles. The highest BCUT2D eigenvalue weighted by molar-refractivity contribution is 6.31. The first-order valence-electron chi connectivity index (χ1n) is 8.70. The van der Waals surface area contributed by atoms with Crippen LogP contribution in [0.4, 0.5) is 0 Å². The largest absolute Gasteiger partial charge is 0.480 e. The number of carbonyl (C=O) groups is 3. The summed E-state index contributed by atoms with van der Waals surface area (Å²) < 4.78 is 0. The molecule has 0 aromatic heterocycles. The van der Waals surface area contributed by atoms with Crippen LogP contribution in [0.5, 0.6) is 0 Å². The second-order valence-electron chi connectivity index (χ2n) is 6.13. The summed E-state index contributed by atoms with van der Waals surface area (Å²) >= 11 is 11.6. The third kappa shape index (κ3) is 6.87. The van der Waals surface area contributed by atoms with Crippen molar-refractivity contribution in [3.8, 4) is 0 Å². The fourth-order valence-electron chi connectivity index (χ4n) is 2.48. The van der Waals surface area contributed by atoms with Crippen molar-refractivity contribution < 1.29 is 19.5 Å². The van der Waals surface area contributed by atoms with E-state index >= 15 is 0 Å². The van der Waals surface area contributed by atoms with E-state index in [2.05, 4.69) is 10.6 Å². The van der Waals surface area contributed by atoms with Crippen molar-refractivity contribution in [1.82, 2.24) is 10.6 Å². The van der Waals surface area contributed by atoms with Crippen molar-refractivity contribution in [3.63, 3.8) is 0 Å². The summed E-state index contributed by atoms with van der Waals surface area (Å²) in [7, 11) is 0. The van der Waals surface area contributed by atoms with E-state index in [1.807, 2.05) is 0 Å². The molecular weight excluding hydrogens is 403 g/mol. The Morgan fingerprint density at radius 2 is 1.32 bits per heavy atom. The number of hydrogen-bond acceptors (Lipinski definition) is 3. The van der Waals surface area contributed by atoms with Crippen LogP contribution in [0, 0.1) is 0 Å². The molecule has 0 saturated heterocycles. The molecule has 0 aliphatic rings.